The highest BCUT2D eigenvalue weighted by molar-refractivity contribution is 5.79. The summed E-state index contributed by atoms with van der Waals surface area (Å²) in [7, 11) is 3.46. The number of nitrogens with zero attached hydrogens (tertiary/aromatic N) is 7. The number of aromatic nitrogens is 4. The topological polar surface area (TPSA) is 95.7 Å². The van der Waals surface area contributed by atoms with Crippen molar-refractivity contribution in [3.05, 3.63) is 35.5 Å². The molecule has 0 aromatic carbocycles. The Bertz CT molecular complexity index is 887. The van der Waals surface area contributed by atoms with E-state index in [-0.39, 0.29) is 6.04 Å². The fourth-order valence-electron chi connectivity index (χ4n) is 4.24. The van der Waals surface area contributed by atoms with Crippen molar-refractivity contribution in [1.29, 1.82) is 0 Å². The molecule has 10 heteroatoms. The number of aryl methyl sites for hydroxylation is 1. The first-order chi connectivity index (χ1) is 15.7. The largest absolute Gasteiger partial charge is 0.377 e. The Morgan fingerprint density at radius 2 is 2.09 bits per heavy atom. The van der Waals surface area contributed by atoms with Gasteiger partial charge in [-0.15, -0.1) is 0 Å². The van der Waals surface area contributed by atoms with Crippen molar-refractivity contribution in [2.45, 2.75) is 45.5 Å². The monoisotopic (exact) mass is 441 g/mol. The molecule has 2 aliphatic heterocycles. The summed E-state index contributed by atoms with van der Waals surface area (Å²) in [5.74, 6) is 3.62. The molecule has 2 aliphatic rings. The second-order valence-electron chi connectivity index (χ2n) is 8.31. The molecule has 1 atom stereocenters. The van der Waals surface area contributed by atoms with Gasteiger partial charge < -0.3 is 25.2 Å². The number of likely N-dealkylation sites (N-methyl/N-ethyl adjacent to an activating group) is 1. The molecule has 174 valence electrons. The number of hydrogen-bond acceptors (Lipinski definition) is 7. The highest BCUT2D eigenvalue weighted by Crippen LogP contribution is 2.15. The molecule has 10 nitrogen and oxygen atoms in total. The zero-order valence-electron chi connectivity index (χ0n) is 19.4. The van der Waals surface area contributed by atoms with E-state index >= 15 is 0 Å². The lowest BCUT2D eigenvalue weighted by molar-refractivity contribution is 0.177. The summed E-state index contributed by atoms with van der Waals surface area (Å²) in [5, 5.41) is 11.5. The van der Waals surface area contributed by atoms with Crippen LogP contribution < -0.4 is 15.5 Å². The number of hydrogen-bond donors (Lipinski definition) is 2. The van der Waals surface area contributed by atoms with E-state index in [0.717, 1.165) is 81.1 Å². The Balaban J connectivity index is 1.25. The van der Waals surface area contributed by atoms with Gasteiger partial charge in [-0.05, 0) is 24.6 Å². The molecule has 4 heterocycles. The maximum atomic E-state index is 5.15. The van der Waals surface area contributed by atoms with Crippen LogP contribution in [0.15, 0.2) is 23.3 Å². The van der Waals surface area contributed by atoms with Gasteiger partial charge in [0, 0.05) is 65.5 Å². The van der Waals surface area contributed by atoms with Crippen LogP contribution in [0, 0.1) is 0 Å². The van der Waals surface area contributed by atoms with E-state index in [2.05, 4.69) is 54.6 Å². The van der Waals surface area contributed by atoms with E-state index in [4.69, 9.17) is 9.72 Å². The number of rotatable bonds is 7. The Hall–Kier alpha value is -2.72. The normalized spacial score (nSPS) is 19.7. The van der Waals surface area contributed by atoms with Gasteiger partial charge in [0.1, 0.15) is 18.2 Å². The number of fused-ring (bicyclic) bond motifs is 1. The molecule has 0 spiro atoms. The minimum Gasteiger partial charge on any atom is -0.377 e. The van der Waals surface area contributed by atoms with Gasteiger partial charge in [-0.25, -0.2) is 14.6 Å². The zero-order valence-corrected chi connectivity index (χ0v) is 19.4. The zero-order chi connectivity index (χ0) is 22.3. The van der Waals surface area contributed by atoms with Crippen LogP contribution in [-0.4, -0.2) is 83.5 Å². The van der Waals surface area contributed by atoms with Crippen molar-refractivity contribution < 1.29 is 4.74 Å². The molecule has 0 aliphatic carbocycles. The van der Waals surface area contributed by atoms with Crippen LogP contribution in [0.4, 0.5) is 5.82 Å². The summed E-state index contributed by atoms with van der Waals surface area (Å²) in [4.78, 5) is 18.5. The van der Waals surface area contributed by atoms with E-state index < -0.39 is 0 Å². The molecular formula is C22H35N9O. The number of piperazine rings is 1. The minimum absolute atomic E-state index is 0.257. The van der Waals surface area contributed by atoms with Crippen molar-refractivity contribution >= 4 is 11.8 Å². The summed E-state index contributed by atoms with van der Waals surface area (Å²) in [6, 6.07) is 4.53. The van der Waals surface area contributed by atoms with Crippen LogP contribution in [-0.2, 0) is 30.9 Å². The first-order valence-electron chi connectivity index (χ1n) is 11.5. The third-order valence-electron chi connectivity index (χ3n) is 6.15. The van der Waals surface area contributed by atoms with Gasteiger partial charge in [0.2, 0.25) is 0 Å². The predicted octanol–water partition coefficient (Wildman–Crippen LogP) is 0.641. The van der Waals surface area contributed by atoms with Gasteiger partial charge >= 0.3 is 0 Å². The molecular weight excluding hydrogens is 406 g/mol. The average molecular weight is 442 g/mol. The predicted molar refractivity (Wildman–Crippen MR) is 125 cm³/mol. The lowest BCUT2D eigenvalue weighted by Crippen LogP contribution is -2.47. The molecule has 0 radical (unpaired) electrons. The van der Waals surface area contributed by atoms with Gasteiger partial charge in [-0.2, -0.15) is 5.10 Å². The molecule has 0 saturated carbocycles. The third-order valence-corrected chi connectivity index (χ3v) is 6.15. The van der Waals surface area contributed by atoms with Crippen molar-refractivity contribution in [2.24, 2.45) is 4.99 Å². The van der Waals surface area contributed by atoms with Crippen molar-refractivity contribution in [3.8, 4) is 0 Å². The molecule has 2 aromatic rings. The first-order valence-corrected chi connectivity index (χ1v) is 11.5. The van der Waals surface area contributed by atoms with Crippen LogP contribution in [0.25, 0.3) is 0 Å². The quantitative estimate of drug-likeness (QED) is 0.478. The summed E-state index contributed by atoms with van der Waals surface area (Å²) >= 11 is 0. The van der Waals surface area contributed by atoms with E-state index in [1.807, 2.05) is 10.9 Å². The van der Waals surface area contributed by atoms with E-state index in [0.29, 0.717) is 13.2 Å². The minimum atomic E-state index is 0.257. The number of guanidine groups is 1. The summed E-state index contributed by atoms with van der Waals surface area (Å²) in [6.07, 6.45) is 3.85. The van der Waals surface area contributed by atoms with Gasteiger partial charge in [-0.1, -0.05) is 13.0 Å². The lowest BCUT2D eigenvalue weighted by atomic mass is 10.1. The fraction of sp³-hybridized carbons (Fsp3) is 0.636. The molecule has 1 unspecified atom stereocenters. The smallest absolute Gasteiger partial charge is 0.191 e. The number of nitrogens with one attached hydrogen (secondary N) is 2. The van der Waals surface area contributed by atoms with E-state index in [9.17, 15) is 0 Å². The second-order valence-corrected chi connectivity index (χ2v) is 8.31. The molecule has 32 heavy (non-hydrogen) atoms. The Morgan fingerprint density at radius 1 is 1.25 bits per heavy atom. The molecule has 2 N–H and O–H groups in total. The van der Waals surface area contributed by atoms with Crippen molar-refractivity contribution in [3.63, 3.8) is 0 Å². The van der Waals surface area contributed by atoms with Gasteiger partial charge in [0.05, 0.1) is 6.54 Å². The van der Waals surface area contributed by atoms with Crippen LogP contribution in [0.1, 0.15) is 30.6 Å². The average Bonchev–Trinajstić information content (AvgIpc) is 3.24. The number of aliphatic imine (C=N–C) groups is 1. The SMILES string of the molecule is CCN1CCN(c2ccc(CNC(=NC)NC3CCc4nc(COC)nn4C3)cn2)CC1. The standard InChI is InChI=1S/C22H35N9O/c1-4-29-9-11-30(12-10-29)20-7-5-17(13-24-20)14-25-22(23-2)26-18-6-8-21-27-19(16-32-3)28-31(21)15-18/h5,7,13,18H,4,6,8-12,14-16H2,1-3H3,(H2,23,25,26). The van der Waals surface area contributed by atoms with Gasteiger partial charge in [0.15, 0.2) is 11.8 Å². The van der Waals surface area contributed by atoms with Gasteiger partial charge in [0.25, 0.3) is 0 Å². The van der Waals surface area contributed by atoms with Crippen LogP contribution in [0.2, 0.25) is 0 Å². The highest BCUT2D eigenvalue weighted by Gasteiger charge is 2.22. The second kappa shape index (κ2) is 10.7. The Kier molecular flexibility index (Phi) is 7.54. The molecule has 1 fully saturated rings. The third kappa shape index (κ3) is 5.55. The van der Waals surface area contributed by atoms with Gasteiger partial charge in [-0.3, -0.25) is 4.99 Å². The maximum absolute atomic E-state index is 5.15. The molecule has 4 rings (SSSR count). The summed E-state index contributed by atoms with van der Waals surface area (Å²) < 4.78 is 7.12. The van der Waals surface area contributed by atoms with E-state index in [1.54, 1.807) is 14.2 Å². The van der Waals surface area contributed by atoms with Crippen LogP contribution >= 0.6 is 0 Å². The number of pyridine rings is 1. The molecule has 0 bridgehead atoms. The number of anilines is 1. The summed E-state index contributed by atoms with van der Waals surface area (Å²) in [6.45, 7) is 9.53. The molecule has 0 amide bonds. The number of ether oxygens (including phenoxy) is 1. The first kappa shape index (κ1) is 22.5. The lowest BCUT2D eigenvalue weighted by Gasteiger charge is -2.34. The molecule has 2 aromatic heterocycles. The summed E-state index contributed by atoms with van der Waals surface area (Å²) in [5.41, 5.74) is 1.13. The van der Waals surface area contributed by atoms with E-state index in [1.165, 1.54) is 0 Å². The van der Waals surface area contributed by atoms with Crippen molar-refractivity contribution in [1.82, 2.24) is 35.3 Å². The number of methoxy groups -OCH3 is 1. The highest BCUT2D eigenvalue weighted by atomic mass is 16.5. The molecule has 1 saturated heterocycles. The van der Waals surface area contributed by atoms with Crippen LogP contribution in [0.3, 0.4) is 0 Å². The Morgan fingerprint density at radius 3 is 2.78 bits per heavy atom. The van der Waals surface area contributed by atoms with Crippen molar-refractivity contribution in [2.75, 3.05) is 51.8 Å². The van der Waals surface area contributed by atoms with Crippen LogP contribution in [0.5, 0.6) is 0 Å². The fourth-order valence-corrected chi connectivity index (χ4v) is 4.24. The maximum Gasteiger partial charge on any atom is 0.191 e. The Labute approximate surface area is 190 Å².